The molecule has 2 N–H and O–H groups in total. The summed E-state index contributed by atoms with van der Waals surface area (Å²) in [5.41, 5.74) is 1.80. The summed E-state index contributed by atoms with van der Waals surface area (Å²) in [7, 11) is 0. The number of amides is 1. The van der Waals surface area contributed by atoms with Crippen molar-refractivity contribution in [2.45, 2.75) is 6.17 Å². The number of halogens is 1. The first-order valence-corrected chi connectivity index (χ1v) is 6.13. The molecule has 2 aliphatic heterocycles. The summed E-state index contributed by atoms with van der Waals surface area (Å²) in [6, 6.07) is 5.79. The van der Waals surface area contributed by atoms with Crippen molar-refractivity contribution in [3.8, 4) is 0 Å². The largest absolute Gasteiger partial charge is 0.348 e. The minimum atomic E-state index is 0.0208. The van der Waals surface area contributed by atoms with E-state index in [2.05, 4.69) is 31.5 Å². The number of nitrogens with one attached hydrogen (secondary N) is 2. The Morgan fingerprint density at radius 3 is 3.19 bits per heavy atom. The van der Waals surface area contributed by atoms with E-state index in [1.54, 1.807) is 0 Å². The predicted octanol–water partition coefficient (Wildman–Crippen LogP) is 0.928. The van der Waals surface area contributed by atoms with Crippen LogP contribution in [0.1, 0.15) is 10.4 Å². The molecule has 4 nitrogen and oxygen atoms in total. The van der Waals surface area contributed by atoms with Gasteiger partial charge in [-0.1, -0.05) is 15.9 Å². The molecule has 0 unspecified atom stereocenters. The molecule has 2 aliphatic rings. The number of carbonyl (C=O) groups is 1. The van der Waals surface area contributed by atoms with E-state index in [-0.39, 0.29) is 12.1 Å². The molecule has 0 aromatic heterocycles. The number of anilines is 1. The molecule has 0 bridgehead atoms. The molecule has 16 heavy (non-hydrogen) atoms. The Bertz CT molecular complexity index is 449. The second-order valence-corrected chi connectivity index (χ2v) is 4.96. The molecular weight excluding hydrogens is 270 g/mol. The number of benzene rings is 1. The molecular formula is C11H12BrN3O. The normalized spacial score (nSPS) is 23.4. The van der Waals surface area contributed by atoms with Crippen molar-refractivity contribution >= 4 is 27.5 Å². The predicted molar refractivity (Wildman–Crippen MR) is 65.6 cm³/mol. The zero-order chi connectivity index (χ0) is 11.1. The molecule has 0 saturated carbocycles. The SMILES string of the molecule is O=C1N[C@@H]2CNCCN2c2cc(Br)ccc21. The second kappa shape index (κ2) is 3.75. The fourth-order valence-corrected chi connectivity index (χ4v) is 2.63. The third-order valence-corrected chi connectivity index (χ3v) is 3.55. The van der Waals surface area contributed by atoms with Gasteiger partial charge in [0.2, 0.25) is 0 Å². The summed E-state index contributed by atoms with van der Waals surface area (Å²) in [4.78, 5) is 14.1. The molecule has 1 aromatic rings. The van der Waals surface area contributed by atoms with Crippen LogP contribution in [0.3, 0.4) is 0 Å². The Morgan fingerprint density at radius 2 is 2.31 bits per heavy atom. The van der Waals surface area contributed by atoms with Crippen molar-refractivity contribution < 1.29 is 4.79 Å². The molecule has 84 valence electrons. The lowest BCUT2D eigenvalue weighted by molar-refractivity contribution is 0.0923. The van der Waals surface area contributed by atoms with Gasteiger partial charge in [0.15, 0.2) is 0 Å². The van der Waals surface area contributed by atoms with Crippen LogP contribution >= 0.6 is 15.9 Å². The minimum Gasteiger partial charge on any atom is -0.348 e. The first-order valence-electron chi connectivity index (χ1n) is 5.33. The maximum atomic E-state index is 11.9. The molecule has 2 heterocycles. The maximum Gasteiger partial charge on any atom is 0.255 e. The van der Waals surface area contributed by atoms with Crippen LogP contribution in [0.5, 0.6) is 0 Å². The Hall–Kier alpha value is -1.07. The van der Waals surface area contributed by atoms with Gasteiger partial charge in [0.1, 0.15) is 6.17 Å². The monoisotopic (exact) mass is 281 g/mol. The lowest BCUT2D eigenvalue weighted by Crippen LogP contribution is -2.62. The van der Waals surface area contributed by atoms with E-state index in [0.29, 0.717) is 0 Å². The topological polar surface area (TPSA) is 44.4 Å². The van der Waals surface area contributed by atoms with Crippen molar-refractivity contribution in [1.82, 2.24) is 10.6 Å². The van der Waals surface area contributed by atoms with Gasteiger partial charge in [0.25, 0.3) is 5.91 Å². The Kier molecular flexibility index (Phi) is 2.37. The van der Waals surface area contributed by atoms with Gasteiger partial charge in [0.05, 0.1) is 11.3 Å². The van der Waals surface area contributed by atoms with Gasteiger partial charge in [-0.2, -0.15) is 0 Å². The summed E-state index contributed by atoms with van der Waals surface area (Å²) in [5, 5.41) is 6.28. The zero-order valence-electron chi connectivity index (χ0n) is 8.66. The Morgan fingerprint density at radius 1 is 1.44 bits per heavy atom. The van der Waals surface area contributed by atoms with Crippen molar-refractivity contribution in [3.63, 3.8) is 0 Å². The highest BCUT2D eigenvalue weighted by atomic mass is 79.9. The number of fused-ring (bicyclic) bond motifs is 3. The average Bonchev–Trinajstić information content (AvgIpc) is 2.29. The molecule has 1 fully saturated rings. The number of nitrogens with zero attached hydrogens (tertiary/aromatic N) is 1. The summed E-state index contributed by atoms with van der Waals surface area (Å²) in [5.74, 6) is 0.0208. The van der Waals surface area contributed by atoms with Crippen LogP contribution in [0.4, 0.5) is 5.69 Å². The zero-order valence-corrected chi connectivity index (χ0v) is 10.3. The number of piperazine rings is 1. The lowest BCUT2D eigenvalue weighted by Gasteiger charge is -2.42. The highest BCUT2D eigenvalue weighted by Crippen LogP contribution is 2.29. The lowest BCUT2D eigenvalue weighted by atomic mass is 10.1. The quantitative estimate of drug-likeness (QED) is 0.744. The summed E-state index contributed by atoms with van der Waals surface area (Å²) in [6.07, 6.45) is 0.0862. The smallest absolute Gasteiger partial charge is 0.255 e. The maximum absolute atomic E-state index is 11.9. The van der Waals surface area contributed by atoms with Crippen LogP contribution in [0.25, 0.3) is 0 Å². The number of carbonyl (C=O) groups excluding carboxylic acids is 1. The van der Waals surface area contributed by atoms with Gasteiger partial charge >= 0.3 is 0 Å². The summed E-state index contributed by atoms with van der Waals surface area (Å²) in [6.45, 7) is 2.68. The van der Waals surface area contributed by atoms with E-state index in [1.807, 2.05) is 18.2 Å². The number of hydrogen-bond donors (Lipinski definition) is 2. The van der Waals surface area contributed by atoms with Crippen LogP contribution in [-0.2, 0) is 0 Å². The Balaban J connectivity index is 2.09. The summed E-state index contributed by atoms with van der Waals surface area (Å²) < 4.78 is 1.01. The van der Waals surface area contributed by atoms with Crippen LogP contribution < -0.4 is 15.5 Å². The fourth-order valence-electron chi connectivity index (χ4n) is 2.29. The van der Waals surface area contributed by atoms with E-state index < -0.39 is 0 Å². The van der Waals surface area contributed by atoms with Crippen LogP contribution in [0.2, 0.25) is 0 Å². The molecule has 1 saturated heterocycles. The number of hydrogen-bond acceptors (Lipinski definition) is 3. The van der Waals surface area contributed by atoms with Gasteiger partial charge in [-0.3, -0.25) is 4.79 Å². The van der Waals surface area contributed by atoms with Gasteiger partial charge < -0.3 is 15.5 Å². The molecule has 0 spiro atoms. The van der Waals surface area contributed by atoms with Crippen LogP contribution in [-0.4, -0.2) is 31.7 Å². The van der Waals surface area contributed by atoms with Crippen LogP contribution in [0.15, 0.2) is 22.7 Å². The van der Waals surface area contributed by atoms with E-state index >= 15 is 0 Å². The average molecular weight is 282 g/mol. The molecule has 1 aromatic carbocycles. The minimum absolute atomic E-state index is 0.0208. The Labute approximate surface area is 102 Å². The molecule has 3 rings (SSSR count). The van der Waals surface area contributed by atoms with E-state index in [1.165, 1.54) is 0 Å². The first kappa shape index (κ1) is 10.1. The first-order chi connectivity index (χ1) is 7.75. The fraction of sp³-hybridized carbons (Fsp3) is 0.364. The molecule has 5 heteroatoms. The molecule has 1 atom stereocenters. The van der Waals surface area contributed by atoms with Gasteiger partial charge in [-0.05, 0) is 18.2 Å². The third-order valence-electron chi connectivity index (χ3n) is 3.05. The van der Waals surface area contributed by atoms with Gasteiger partial charge in [-0.15, -0.1) is 0 Å². The van der Waals surface area contributed by atoms with Gasteiger partial charge in [-0.25, -0.2) is 0 Å². The number of rotatable bonds is 0. The molecule has 1 amide bonds. The van der Waals surface area contributed by atoms with E-state index in [9.17, 15) is 4.79 Å². The summed E-state index contributed by atoms with van der Waals surface area (Å²) >= 11 is 3.45. The highest BCUT2D eigenvalue weighted by Gasteiger charge is 2.32. The van der Waals surface area contributed by atoms with Crippen LogP contribution in [0, 0.1) is 0 Å². The van der Waals surface area contributed by atoms with Crippen molar-refractivity contribution in [2.75, 3.05) is 24.5 Å². The van der Waals surface area contributed by atoms with Crippen molar-refractivity contribution in [3.05, 3.63) is 28.2 Å². The highest BCUT2D eigenvalue weighted by molar-refractivity contribution is 9.10. The van der Waals surface area contributed by atoms with Crippen molar-refractivity contribution in [2.24, 2.45) is 0 Å². The molecule has 0 aliphatic carbocycles. The third kappa shape index (κ3) is 1.51. The second-order valence-electron chi connectivity index (χ2n) is 4.05. The standard InChI is InChI=1S/C11H12BrN3O/c12-7-1-2-8-9(5-7)15-4-3-13-6-10(15)14-11(8)16/h1-2,5,10,13H,3-4,6H2,(H,14,16)/t10-/m0/s1. The van der Waals surface area contributed by atoms with E-state index in [0.717, 1.165) is 35.4 Å². The van der Waals surface area contributed by atoms with E-state index in [4.69, 9.17) is 0 Å². The van der Waals surface area contributed by atoms with Crippen molar-refractivity contribution in [1.29, 1.82) is 0 Å². The van der Waals surface area contributed by atoms with Gasteiger partial charge in [0, 0.05) is 24.1 Å². The molecule has 0 radical (unpaired) electrons.